The Kier molecular flexibility index (Phi) is 4.50. The lowest BCUT2D eigenvalue weighted by Crippen LogP contribution is -2.48. The number of morpholine rings is 1. The fourth-order valence-corrected chi connectivity index (χ4v) is 2.39. The highest BCUT2D eigenvalue weighted by molar-refractivity contribution is 9.10. The average Bonchev–Trinajstić information content (AvgIpc) is 2.35. The molecule has 1 aliphatic rings. The van der Waals surface area contributed by atoms with Gasteiger partial charge in [0.1, 0.15) is 5.82 Å². The van der Waals surface area contributed by atoms with Crippen LogP contribution in [0.2, 0.25) is 0 Å². The number of nitrogens with two attached hydrogens (primary N) is 1. The van der Waals surface area contributed by atoms with E-state index in [1.807, 2.05) is 6.07 Å². The molecule has 0 aliphatic carbocycles. The molecule has 0 radical (unpaired) electrons. The van der Waals surface area contributed by atoms with Crippen molar-refractivity contribution in [2.24, 2.45) is 5.73 Å². The summed E-state index contributed by atoms with van der Waals surface area (Å²) in [5.41, 5.74) is 6.66. The highest BCUT2D eigenvalue weighted by Gasteiger charge is 2.22. The Morgan fingerprint density at radius 1 is 1.53 bits per heavy atom. The van der Waals surface area contributed by atoms with Crippen molar-refractivity contribution in [2.45, 2.75) is 12.6 Å². The molecule has 0 spiro atoms. The van der Waals surface area contributed by atoms with Crippen molar-refractivity contribution in [2.75, 3.05) is 26.3 Å². The van der Waals surface area contributed by atoms with Crippen molar-refractivity contribution >= 4 is 15.9 Å². The highest BCUT2D eigenvalue weighted by atomic mass is 79.9. The van der Waals surface area contributed by atoms with Crippen molar-refractivity contribution in [3.8, 4) is 0 Å². The zero-order chi connectivity index (χ0) is 12.3. The van der Waals surface area contributed by atoms with Gasteiger partial charge in [-0.2, -0.15) is 0 Å². The lowest BCUT2D eigenvalue weighted by molar-refractivity contribution is -0.00805. The third-order valence-electron chi connectivity index (χ3n) is 3.03. The molecule has 94 valence electrons. The van der Waals surface area contributed by atoms with E-state index < -0.39 is 0 Å². The van der Waals surface area contributed by atoms with E-state index >= 15 is 0 Å². The molecule has 1 heterocycles. The number of nitrogens with zero attached hydrogens (tertiary/aromatic N) is 1. The first kappa shape index (κ1) is 13.0. The van der Waals surface area contributed by atoms with Gasteiger partial charge in [0.05, 0.1) is 17.7 Å². The van der Waals surface area contributed by atoms with Gasteiger partial charge < -0.3 is 10.5 Å². The van der Waals surface area contributed by atoms with E-state index in [0.717, 1.165) is 12.1 Å². The Morgan fingerprint density at radius 3 is 3.12 bits per heavy atom. The summed E-state index contributed by atoms with van der Waals surface area (Å²) < 4.78 is 19.3. The average molecular weight is 303 g/mol. The zero-order valence-corrected chi connectivity index (χ0v) is 11.1. The van der Waals surface area contributed by atoms with Crippen LogP contribution in [0.1, 0.15) is 5.56 Å². The van der Waals surface area contributed by atoms with Crippen LogP contribution in [-0.2, 0) is 11.3 Å². The number of hydrogen-bond donors (Lipinski definition) is 1. The van der Waals surface area contributed by atoms with Crippen LogP contribution in [0.4, 0.5) is 4.39 Å². The Hall–Kier alpha value is -0.490. The molecular formula is C12H16BrFN2O. The molecule has 1 atom stereocenters. The summed E-state index contributed by atoms with van der Waals surface area (Å²) in [6.07, 6.45) is 0. The lowest BCUT2D eigenvalue weighted by atomic mass is 10.1. The Balaban J connectivity index is 2.11. The minimum Gasteiger partial charge on any atom is -0.378 e. The van der Waals surface area contributed by atoms with Crippen LogP contribution in [0, 0.1) is 5.82 Å². The standard InChI is InChI=1S/C12H16BrFN2O/c13-12-9(2-1-3-11(12)14)7-16-4-5-17-8-10(16)6-15/h1-3,10H,4-8,15H2. The molecule has 5 heteroatoms. The summed E-state index contributed by atoms with van der Waals surface area (Å²) in [5.74, 6) is -0.222. The first-order chi connectivity index (χ1) is 8.22. The smallest absolute Gasteiger partial charge is 0.137 e. The number of halogens is 2. The van der Waals surface area contributed by atoms with Crippen molar-refractivity contribution in [3.05, 3.63) is 34.1 Å². The monoisotopic (exact) mass is 302 g/mol. The number of benzene rings is 1. The van der Waals surface area contributed by atoms with Crippen molar-refractivity contribution in [1.82, 2.24) is 4.90 Å². The number of hydrogen-bond acceptors (Lipinski definition) is 3. The summed E-state index contributed by atoms with van der Waals surface area (Å²) in [6, 6.07) is 5.33. The summed E-state index contributed by atoms with van der Waals surface area (Å²) in [5, 5.41) is 0. The molecular weight excluding hydrogens is 287 g/mol. The van der Waals surface area contributed by atoms with Gasteiger partial charge in [0.2, 0.25) is 0 Å². The van der Waals surface area contributed by atoms with E-state index in [1.54, 1.807) is 6.07 Å². The van der Waals surface area contributed by atoms with Crippen LogP contribution >= 0.6 is 15.9 Å². The van der Waals surface area contributed by atoms with Crippen LogP contribution in [0.5, 0.6) is 0 Å². The SMILES string of the molecule is NCC1COCCN1Cc1cccc(F)c1Br. The van der Waals surface area contributed by atoms with E-state index in [0.29, 0.717) is 30.8 Å². The van der Waals surface area contributed by atoms with E-state index in [1.165, 1.54) is 6.07 Å². The van der Waals surface area contributed by atoms with Gasteiger partial charge in [0.25, 0.3) is 0 Å². The first-order valence-electron chi connectivity index (χ1n) is 5.67. The Morgan fingerprint density at radius 2 is 2.35 bits per heavy atom. The molecule has 1 aliphatic heterocycles. The van der Waals surface area contributed by atoms with Crippen molar-refractivity contribution < 1.29 is 9.13 Å². The Bertz CT molecular complexity index is 389. The Labute approximate surface area is 109 Å². The second-order valence-electron chi connectivity index (χ2n) is 4.15. The van der Waals surface area contributed by atoms with Gasteiger partial charge >= 0.3 is 0 Å². The molecule has 3 nitrogen and oxygen atoms in total. The van der Waals surface area contributed by atoms with Gasteiger partial charge in [-0.05, 0) is 27.6 Å². The zero-order valence-electron chi connectivity index (χ0n) is 9.53. The topological polar surface area (TPSA) is 38.5 Å². The first-order valence-corrected chi connectivity index (χ1v) is 6.46. The summed E-state index contributed by atoms with van der Waals surface area (Å²) in [7, 11) is 0. The maximum Gasteiger partial charge on any atom is 0.137 e. The molecule has 1 fully saturated rings. The minimum atomic E-state index is -0.222. The minimum absolute atomic E-state index is 0.221. The molecule has 1 aromatic rings. The van der Waals surface area contributed by atoms with E-state index in [2.05, 4.69) is 20.8 Å². The van der Waals surface area contributed by atoms with E-state index in [4.69, 9.17) is 10.5 Å². The van der Waals surface area contributed by atoms with Crippen LogP contribution in [0.25, 0.3) is 0 Å². The van der Waals surface area contributed by atoms with E-state index in [-0.39, 0.29) is 11.9 Å². The quantitative estimate of drug-likeness (QED) is 0.924. The fraction of sp³-hybridized carbons (Fsp3) is 0.500. The molecule has 0 aromatic heterocycles. The van der Waals surface area contributed by atoms with Crippen LogP contribution in [-0.4, -0.2) is 37.2 Å². The van der Waals surface area contributed by atoms with Gasteiger partial charge in [-0.3, -0.25) is 4.90 Å². The third kappa shape index (κ3) is 3.04. The van der Waals surface area contributed by atoms with Crippen LogP contribution in [0.15, 0.2) is 22.7 Å². The molecule has 2 N–H and O–H groups in total. The second-order valence-corrected chi connectivity index (χ2v) is 4.94. The number of rotatable bonds is 3. The van der Waals surface area contributed by atoms with Gasteiger partial charge in [-0.1, -0.05) is 12.1 Å². The molecule has 1 saturated heterocycles. The van der Waals surface area contributed by atoms with Gasteiger partial charge in [-0.25, -0.2) is 4.39 Å². The molecule has 1 aromatic carbocycles. The highest BCUT2D eigenvalue weighted by Crippen LogP contribution is 2.23. The maximum absolute atomic E-state index is 13.4. The predicted octanol–water partition coefficient (Wildman–Crippen LogP) is 1.75. The summed E-state index contributed by atoms with van der Waals surface area (Å²) in [6.45, 7) is 3.47. The molecule has 2 rings (SSSR count). The van der Waals surface area contributed by atoms with Gasteiger partial charge in [0, 0.05) is 25.7 Å². The molecule has 17 heavy (non-hydrogen) atoms. The van der Waals surface area contributed by atoms with Crippen molar-refractivity contribution in [1.29, 1.82) is 0 Å². The maximum atomic E-state index is 13.4. The van der Waals surface area contributed by atoms with Crippen LogP contribution in [0.3, 0.4) is 0 Å². The fourth-order valence-electron chi connectivity index (χ4n) is 2.00. The molecule has 0 amide bonds. The lowest BCUT2D eigenvalue weighted by Gasteiger charge is -2.35. The molecule has 1 unspecified atom stereocenters. The van der Waals surface area contributed by atoms with Gasteiger partial charge in [0.15, 0.2) is 0 Å². The summed E-state index contributed by atoms with van der Waals surface area (Å²) in [4.78, 5) is 2.24. The third-order valence-corrected chi connectivity index (χ3v) is 3.91. The van der Waals surface area contributed by atoms with Gasteiger partial charge in [-0.15, -0.1) is 0 Å². The normalized spacial score (nSPS) is 21.7. The van der Waals surface area contributed by atoms with Crippen LogP contribution < -0.4 is 5.73 Å². The van der Waals surface area contributed by atoms with E-state index in [9.17, 15) is 4.39 Å². The van der Waals surface area contributed by atoms with Crippen molar-refractivity contribution in [3.63, 3.8) is 0 Å². The predicted molar refractivity (Wildman–Crippen MR) is 68.2 cm³/mol. The summed E-state index contributed by atoms with van der Waals surface area (Å²) >= 11 is 3.28. The number of ether oxygens (including phenoxy) is 1. The molecule has 0 bridgehead atoms. The largest absolute Gasteiger partial charge is 0.378 e. The second kappa shape index (κ2) is 5.91. The molecule has 0 saturated carbocycles.